The maximum atomic E-state index is 12.1. The fraction of sp³-hybridized carbons (Fsp3) is 0.308. The monoisotopic (exact) mass is 308 g/mol. The minimum Gasteiger partial charge on any atom is -0.477 e. The van der Waals surface area contributed by atoms with Crippen LogP contribution in [-0.4, -0.2) is 32.2 Å². The third kappa shape index (κ3) is 1.84. The van der Waals surface area contributed by atoms with Gasteiger partial charge in [-0.05, 0) is 26.0 Å². The van der Waals surface area contributed by atoms with Gasteiger partial charge < -0.3 is 5.11 Å². The van der Waals surface area contributed by atoms with Crippen molar-refractivity contribution in [3.63, 3.8) is 0 Å². The van der Waals surface area contributed by atoms with Crippen LogP contribution >= 0.6 is 23.5 Å². The van der Waals surface area contributed by atoms with Crippen LogP contribution in [0.1, 0.15) is 13.8 Å². The summed E-state index contributed by atoms with van der Waals surface area (Å²) in [5, 5.41) is 9.96. The molecule has 1 N–H and O–H groups in total. The number of carboxylic acid groups (broad SMARTS) is 1. The van der Waals surface area contributed by atoms with Gasteiger partial charge in [-0.2, -0.15) is 0 Å². The molecule has 1 aromatic heterocycles. The first kappa shape index (κ1) is 13.5. The lowest BCUT2D eigenvalue weighted by Gasteiger charge is -2.48. The summed E-state index contributed by atoms with van der Waals surface area (Å²) in [6.07, 6.45) is 1.66. The predicted molar refractivity (Wildman–Crippen MR) is 76.8 cm³/mol. The van der Waals surface area contributed by atoms with Crippen molar-refractivity contribution in [1.82, 2.24) is 9.88 Å². The molecule has 3 heterocycles. The van der Waals surface area contributed by atoms with Crippen molar-refractivity contribution in [2.45, 2.75) is 24.2 Å². The van der Waals surface area contributed by atoms with Gasteiger partial charge in [-0.25, -0.2) is 9.78 Å². The Morgan fingerprint density at radius 1 is 1.50 bits per heavy atom. The molecule has 0 bridgehead atoms. The highest BCUT2D eigenvalue weighted by Gasteiger charge is 2.61. The first-order chi connectivity index (χ1) is 9.43. The molecular formula is C13H12N2O3S2. The number of carbonyl (C=O) groups excluding carboxylic acids is 1. The van der Waals surface area contributed by atoms with Gasteiger partial charge in [0.05, 0.1) is 9.65 Å². The summed E-state index contributed by atoms with van der Waals surface area (Å²) >= 11 is 2.72. The SMILES string of the molecule is CC1(C)C(=O)N2C(C(=O)O)=C(Sc3ccccn3)S[C@@H]21. The second kappa shape index (κ2) is 4.53. The summed E-state index contributed by atoms with van der Waals surface area (Å²) in [6.45, 7) is 3.69. The van der Waals surface area contributed by atoms with Gasteiger partial charge in [0.2, 0.25) is 5.91 Å². The van der Waals surface area contributed by atoms with Gasteiger partial charge in [0.15, 0.2) is 5.70 Å². The molecule has 0 aromatic carbocycles. The molecule has 1 amide bonds. The normalized spacial score (nSPS) is 23.6. The highest BCUT2D eigenvalue weighted by Crippen LogP contribution is 2.58. The number of aliphatic carboxylic acids is 1. The number of fused-ring (bicyclic) bond motifs is 1. The molecule has 0 saturated carbocycles. The Balaban J connectivity index is 1.94. The summed E-state index contributed by atoms with van der Waals surface area (Å²) in [4.78, 5) is 29.1. The van der Waals surface area contributed by atoms with Crippen LogP contribution in [0.5, 0.6) is 0 Å². The second-order valence-corrected chi connectivity index (χ2v) is 7.46. The van der Waals surface area contributed by atoms with Gasteiger partial charge >= 0.3 is 5.97 Å². The number of hydrogen-bond donors (Lipinski definition) is 1. The van der Waals surface area contributed by atoms with Gasteiger partial charge in [-0.1, -0.05) is 29.6 Å². The Hall–Kier alpha value is -1.47. The molecule has 20 heavy (non-hydrogen) atoms. The summed E-state index contributed by atoms with van der Waals surface area (Å²) in [5.41, 5.74) is -0.433. The molecule has 1 aromatic rings. The molecule has 104 valence electrons. The van der Waals surface area contributed by atoms with Crippen LogP contribution in [0.3, 0.4) is 0 Å². The van der Waals surface area contributed by atoms with Crippen LogP contribution in [0.2, 0.25) is 0 Å². The highest BCUT2D eigenvalue weighted by atomic mass is 32.2. The van der Waals surface area contributed by atoms with E-state index in [1.165, 1.54) is 28.4 Å². The molecule has 0 unspecified atom stereocenters. The molecule has 2 aliphatic rings. The zero-order valence-corrected chi connectivity index (χ0v) is 12.5. The van der Waals surface area contributed by atoms with Gasteiger partial charge in [0.25, 0.3) is 0 Å². The van der Waals surface area contributed by atoms with E-state index in [-0.39, 0.29) is 17.0 Å². The molecule has 3 rings (SSSR count). The van der Waals surface area contributed by atoms with Crippen molar-refractivity contribution in [2.24, 2.45) is 5.41 Å². The molecule has 0 spiro atoms. The first-order valence-electron chi connectivity index (χ1n) is 5.99. The largest absolute Gasteiger partial charge is 0.477 e. The molecule has 0 radical (unpaired) electrons. The lowest BCUT2D eigenvalue weighted by atomic mass is 9.82. The van der Waals surface area contributed by atoms with Crippen molar-refractivity contribution in [3.8, 4) is 0 Å². The van der Waals surface area contributed by atoms with E-state index >= 15 is 0 Å². The summed E-state index contributed by atoms with van der Waals surface area (Å²) in [6, 6.07) is 5.47. The quantitative estimate of drug-likeness (QED) is 0.865. The second-order valence-electron chi connectivity index (χ2n) is 5.08. The van der Waals surface area contributed by atoms with E-state index in [9.17, 15) is 14.7 Å². The Morgan fingerprint density at radius 3 is 2.85 bits per heavy atom. The van der Waals surface area contributed by atoms with Gasteiger partial charge in [0.1, 0.15) is 10.4 Å². The van der Waals surface area contributed by atoms with Crippen LogP contribution in [0, 0.1) is 5.41 Å². The minimum atomic E-state index is -1.07. The van der Waals surface area contributed by atoms with Crippen LogP contribution in [0.15, 0.2) is 39.4 Å². The Kier molecular flexibility index (Phi) is 3.06. The van der Waals surface area contributed by atoms with Gasteiger partial charge in [-0.3, -0.25) is 9.69 Å². The topological polar surface area (TPSA) is 70.5 Å². The van der Waals surface area contributed by atoms with Crippen LogP contribution in [0.25, 0.3) is 0 Å². The number of carboxylic acids is 1. The predicted octanol–water partition coefficient (Wildman–Crippen LogP) is 2.37. The minimum absolute atomic E-state index is 0.0833. The summed E-state index contributed by atoms with van der Waals surface area (Å²) < 4.78 is 0.625. The van der Waals surface area contributed by atoms with E-state index < -0.39 is 11.4 Å². The number of rotatable bonds is 3. The maximum absolute atomic E-state index is 12.1. The molecule has 5 nitrogen and oxygen atoms in total. The lowest BCUT2D eigenvalue weighted by Crippen LogP contribution is -2.62. The van der Waals surface area contributed by atoms with E-state index in [1.54, 1.807) is 12.3 Å². The Morgan fingerprint density at radius 2 is 2.25 bits per heavy atom. The zero-order chi connectivity index (χ0) is 14.5. The number of pyridine rings is 1. The fourth-order valence-electron chi connectivity index (χ4n) is 2.22. The van der Waals surface area contributed by atoms with Crippen molar-refractivity contribution in [1.29, 1.82) is 0 Å². The number of amides is 1. The van der Waals surface area contributed by atoms with Crippen molar-refractivity contribution >= 4 is 35.4 Å². The molecule has 7 heteroatoms. The van der Waals surface area contributed by atoms with Crippen LogP contribution < -0.4 is 0 Å². The molecule has 1 fully saturated rings. The number of thioether (sulfide) groups is 2. The number of β-lactam (4-membered cyclic amide) rings is 1. The first-order valence-corrected chi connectivity index (χ1v) is 7.69. The molecule has 1 atom stereocenters. The van der Waals surface area contributed by atoms with E-state index in [4.69, 9.17) is 0 Å². The average Bonchev–Trinajstić information content (AvgIpc) is 2.77. The maximum Gasteiger partial charge on any atom is 0.354 e. The number of aromatic nitrogens is 1. The average molecular weight is 308 g/mol. The summed E-state index contributed by atoms with van der Waals surface area (Å²) in [5.74, 6) is -1.20. The highest BCUT2D eigenvalue weighted by molar-refractivity contribution is 8.22. The van der Waals surface area contributed by atoms with Gasteiger partial charge in [-0.15, -0.1) is 0 Å². The smallest absolute Gasteiger partial charge is 0.354 e. The number of hydrogen-bond acceptors (Lipinski definition) is 5. The van der Waals surface area contributed by atoms with E-state index in [0.29, 0.717) is 4.24 Å². The Labute approximate surface area is 124 Å². The van der Waals surface area contributed by atoms with E-state index in [0.717, 1.165) is 5.03 Å². The van der Waals surface area contributed by atoms with Crippen molar-refractivity contribution in [2.75, 3.05) is 0 Å². The van der Waals surface area contributed by atoms with Crippen molar-refractivity contribution in [3.05, 3.63) is 34.3 Å². The molecule has 1 saturated heterocycles. The third-order valence-corrected chi connectivity index (χ3v) is 6.11. The van der Waals surface area contributed by atoms with E-state index in [1.807, 2.05) is 26.0 Å². The molecular weight excluding hydrogens is 296 g/mol. The van der Waals surface area contributed by atoms with Crippen LogP contribution in [-0.2, 0) is 9.59 Å². The molecule has 2 aliphatic heterocycles. The van der Waals surface area contributed by atoms with Gasteiger partial charge in [0, 0.05) is 6.20 Å². The summed E-state index contributed by atoms with van der Waals surface area (Å²) in [7, 11) is 0. The number of nitrogens with zero attached hydrogens (tertiary/aromatic N) is 2. The van der Waals surface area contributed by atoms with Crippen molar-refractivity contribution < 1.29 is 14.7 Å². The number of carbonyl (C=O) groups is 2. The Bertz CT molecular complexity index is 628. The van der Waals surface area contributed by atoms with E-state index in [2.05, 4.69) is 4.98 Å². The zero-order valence-electron chi connectivity index (χ0n) is 10.9. The fourth-order valence-corrected chi connectivity index (χ4v) is 4.88. The van der Waals surface area contributed by atoms with Crippen LogP contribution in [0.4, 0.5) is 0 Å². The lowest BCUT2D eigenvalue weighted by molar-refractivity contribution is -0.159. The molecule has 0 aliphatic carbocycles. The standard InChI is InChI=1S/C13H12N2O3S2/c1-13(2)11(18)15-8(9(16)17)10(20-12(13)15)19-7-5-3-4-6-14-7/h3-6,12H,1-2H3,(H,16,17)/t12-/m1/s1. The third-order valence-electron chi connectivity index (χ3n) is 3.31.